The minimum absolute atomic E-state index is 0.0745. The van der Waals surface area contributed by atoms with Gasteiger partial charge in [0.05, 0.1) is 21.3 Å². The molecule has 2 heterocycles. The summed E-state index contributed by atoms with van der Waals surface area (Å²) in [5.74, 6) is -0.360. The lowest BCUT2D eigenvalue weighted by Gasteiger charge is -2.24. The van der Waals surface area contributed by atoms with Crippen molar-refractivity contribution in [1.82, 2.24) is 14.4 Å². The molecule has 1 aromatic heterocycles. The number of hydrogen-bond donors (Lipinski definition) is 0. The zero-order valence-corrected chi connectivity index (χ0v) is 19.5. The molecule has 0 unspecified atom stereocenters. The topological polar surface area (TPSA) is 62.6 Å². The molecule has 0 saturated heterocycles. The fourth-order valence-corrected chi connectivity index (χ4v) is 5.28. The minimum atomic E-state index is -0.180. The van der Waals surface area contributed by atoms with Gasteiger partial charge in [0.2, 0.25) is 0 Å². The molecule has 7 heteroatoms. The number of hydrogen-bond acceptors (Lipinski definition) is 5. The largest absolute Gasteiger partial charge is 0.307 e. The summed E-state index contributed by atoms with van der Waals surface area (Å²) in [4.78, 5) is 40.8. The molecule has 1 aliphatic rings. The Morgan fingerprint density at radius 2 is 1.62 bits per heavy atom. The van der Waals surface area contributed by atoms with E-state index < -0.39 is 0 Å². The van der Waals surface area contributed by atoms with E-state index in [2.05, 4.69) is 24.0 Å². The van der Waals surface area contributed by atoms with E-state index in [1.165, 1.54) is 21.8 Å². The number of rotatable bonds is 10. The number of thiazole rings is 1. The Bertz CT molecular complexity index is 1160. The van der Waals surface area contributed by atoms with Gasteiger partial charge in [0, 0.05) is 20.1 Å². The van der Waals surface area contributed by atoms with Crippen LogP contribution < -0.4 is 4.87 Å². The third-order valence-corrected chi connectivity index (χ3v) is 7.10. The van der Waals surface area contributed by atoms with Gasteiger partial charge in [-0.3, -0.25) is 19.3 Å². The van der Waals surface area contributed by atoms with Crippen molar-refractivity contribution in [1.29, 1.82) is 0 Å². The van der Waals surface area contributed by atoms with Gasteiger partial charge in [0.25, 0.3) is 11.8 Å². The molecular formula is C25H29N3O3S. The van der Waals surface area contributed by atoms with Crippen LogP contribution in [0.4, 0.5) is 0 Å². The fourth-order valence-electron chi connectivity index (χ4n) is 4.33. The smallest absolute Gasteiger partial charge is 0.302 e. The monoisotopic (exact) mass is 451 g/mol. The number of unbranched alkanes of at least 4 members (excludes halogenated alkanes) is 1. The van der Waals surface area contributed by atoms with Crippen molar-refractivity contribution in [2.75, 3.05) is 26.2 Å². The molecule has 0 saturated carbocycles. The summed E-state index contributed by atoms with van der Waals surface area (Å²) < 4.78 is 2.74. The second-order valence-corrected chi connectivity index (χ2v) is 9.33. The molecule has 1 aliphatic heterocycles. The van der Waals surface area contributed by atoms with Gasteiger partial charge in [-0.15, -0.1) is 0 Å². The molecule has 2 amide bonds. The van der Waals surface area contributed by atoms with Gasteiger partial charge in [-0.1, -0.05) is 36.5 Å². The summed E-state index contributed by atoms with van der Waals surface area (Å²) in [6.45, 7) is 5.17. The average molecular weight is 452 g/mol. The second-order valence-electron chi connectivity index (χ2n) is 8.34. The predicted octanol–water partition coefficient (Wildman–Crippen LogP) is 3.93. The maximum atomic E-state index is 12.6. The first-order valence-electron chi connectivity index (χ1n) is 11.3. The van der Waals surface area contributed by atoms with Crippen molar-refractivity contribution >= 4 is 33.4 Å². The summed E-state index contributed by atoms with van der Waals surface area (Å²) in [5, 5.41) is 0. The molecule has 0 atom stereocenters. The van der Waals surface area contributed by atoms with Crippen molar-refractivity contribution < 1.29 is 9.59 Å². The van der Waals surface area contributed by atoms with E-state index in [9.17, 15) is 14.4 Å². The van der Waals surface area contributed by atoms with Crippen LogP contribution >= 0.6 is 11.3 Å². The Morgan fingerprint density at radius 3 is 2.31 bits per heavy atom. The Labute approximate surface area is 192 Å². The van der Waals surface area contributed by atoms with Gasteiger partial charge in [0.1, 0.15) is 0 Å². The average Bonchev–Trinajstić information content (AvgIpc) is 3.21. The van der Waals surface area contributed by atoms with Crippen LogP contribution in [-0.4, -0.2) is 52.4 Å². The highest BCUT2D eigenvalue weighted by molar-refractivity contribution is 7.16. The Hall–Kier alpha value is -2.77. The minimum Gasteiger partial charge on any atom is -0.302 e. The van der Waals surface area contributed by atoms with Gasteiger partial charge in [-0.05, 0) is 68.6 Å². The van der Waals surface area contributed by atoms with Crippen LogP contribution in [0.25, 0.3) is 10.2 Å². The molecule has 0 radical (unpaired) electrons. The molecule has 0 spiro atoms. The maximum Gasteiger partial charge on any atom is 0.307 e. The lowest BCUT2D eigenvalue weighted by atomic mass is 10.1. The van der Waals surface area contributed by atoms with Crippen LogP contribution in [0.1, 0.15) is 52.5 Å². The summed E-state index contributed by atoms with van der Waals surface area (Å²) >= 11 is 1.30. The number of nitrogens with zero attached hydrogens (tertiary/aromatic N) is 3. The molecule has 2 aromatic carbocycles. The van der Waals surface area contributed by atoms with E-state index in [0.717, 1.165) is 49.0 Å². The Morgan fingerprint density at radius 1 is 0.906 bits per heavy atom. The number of amides is 2. The molecule has 0 N–H and O–H groups in total. The normalized spacial score (nSPS) is 13.5. The molecule has 0 bridgehead atoms. The third kappa shape index (κ3) is 4.54. The van der Waals surface area contributed by atoms with Gasteiger partial charge in [0.15, 0.2) is 0 Å². The van der Waals surface area contributed by atoms with Crippen LogP contribution in [0.5, 0.6) is 0 Å². The number of carbonyl (C=O) groups excluding carboxylic acids is 2. The SMILES string of the molecule is CCCN(CCCCc1ccc2c(c1)sc(=O)n2C)CCN1C(=O)c2ccccc2C1=O. The second kappa shape index (κ2) is 9.79. The highest BCUT2D eigenvalue weighted by Crippen LogP contribution is 2.22. The molecule has 32 heavy (non-hydrogen) atoms. The van der Waals surface area contributed by atoms with E-state index in [1.54, 1.807) is 28.8 Å². The van der Waals surface area contributed by atoms with E-state index >= 15 is 0 Å². The number of carbonyl (C=O) groups is 2. The van der Waals surface area contributed by atoms with Crippen molar-refractivity contribution in [2.24, 2.45) is 7.05 Å². The van der Waals surface area contributed by atoms with Gasteiger partial charge in [-0.2, -0.15) is 0 Å². The zero-order chi connectivity index (χ0) is 22.7. The Balaban J connectivity index is 1.27. The Kier molecular flexibility index (Phi) is 6.86. The zero-order valence-electron chi connectivity index (χ0n) is 18.7. The van der Waals surface area contributed by atoms with E-state index in [-0.39, 0.29) is 16.7 Å². The number of aromatic nitrogens is 1. The highest BCUT2D eigenvalue weighted by atomic mass is 32.1. The van der Waals surface area contributed by atoms with Gasteiger partial charge >= 0.3 is 4.87 Å². The first-order chi connectivity index (χ1) is 15.5. The molecule has 3 aromatic rings. The summed E-state index contributed by atoms with van der Waals surface area (Å²) in [5.41, 5.74) is 3.28. The van der Waals surface area contributed by atoms with Crippen molar-refractivity contribution in [3.05, 3.63) is 68.8 Å². The van der Waals surface area contributed by atoms with E-state index in [0.29, 0.717) is 24.2 Å². The number of benzene rings is 2. The predicted molar refractivity (Wildman–Crippen MR) is 129 cm³/mol. The van der Waals surface area contributed by atoms with Crippen LogP contribution in [0.2, 0.25) is 0 Å². The van der Waals surface area contributed by atoms with E-state index in [4.69, 9.17) is 0 Å². The van der Waals surface area contributed by atoms with Crippen LogP contribution in [-0.2, 0) is 13.5 Å². The lowest BCUT2D eigenvalue weighted by molar-refractivity contribution is 0.0635. The molecule has 0 fully saturated rings. The maximum absolute atomic E-state index is 12.6. The van der Waals surface area contributed by atoms with Crippen LogP contribution in [0, 0.1) is 0 Å². The summed E-state index contributed by atoms with van der Waals surface area (Å²) in [6, 6.07) is 13.3. The molecule has 168 valence electrons. The number of aryl methyl sites for hydroxylation is 2. The van der Waals surface area contributed by atoms with Crippen LogP contribution in [0.15, 0.2) is 47.3 Å². The molecule has 0 aliphatic carbocycles. The van der Waals surface area contributed by atoms with Crippen LogP contribution in [0.3, 0.4) is 0 Å². The molecular weight excluding hydrogens is 422 g/mol. The number of fused-ring (bicyclic) bond motifs is 2. The van der Waals surface area contributed by atoms with Crippen molar-refractivity contribution in [2.45, 2.75) is 32.6 Å². The first kappa shape index (κ1) is 22.4. The number of imide groups is 1. The summed E-state index contributed by atoms with van der Waals surface area (Å²) in [7, 11) is 1.81. The highest BCUT2D eigenvalue weighted by Gasteiger charge is 2.34. The molecule has 4 rings (SSSR count). The van der Waals surface area contributed by atoms with Crippen molar-refractivity contribution in [3.8, 4) is 0 Å². The molecule has 6 nitrogen and oxygen atoms in total. The van der Waals surface area contributed by atoms with Crippen molar-refractivity contribution in [3.63, 3.8) is 0 Å². The van der Waals surface area contributed by atoms with Gasteiger partial charge in [-0.25, -0.2) is 0 Å². The fraction of sp³-hybridized carbons (Fsp3) is 0.400. The first-order valence-corrected chi connectivity index (χ1v) is 12.1. The van der Waals surface area contributed by atoms with E-state index in [1.807, 2.05) is 13.1 Å². The lowest BCUT2D eigenvalue weighted by Crippen LogP contribution is -2.39. The standard InChI is InChI=1S/C25H29N3O3S/c1-3-13-27(15-16-28-23(29)19-9-4-5-10-20(19)24(28)30)14-7-6-8-18-11-12-21-22(17-18)32-25(31)26(21)2/h4-5,9-12,17H,3,6-8,13-16H2,1-2H3. The third-order valence-electron chi connectivity index (χ3n) is 6.10. The summed E-state index contributed by atoms with van der Waals surface area (Å²) in [6.07, 6.45) is 4.11. The quantitative estimate of drug-likeness (QED) is 0.346. The van der Waals surface area contributed by atoms with Gasteiger partial charge < -0.3 is 9.47 Å².